The summed E-state index contributed by atoms with van der Waals surface area (Å²) in [6.45, 7) is 5.72. The largest absolute Gasteiger partial charge is 0.366 e. The van der Waals surface area contributed by atoms with Crippen molar-refractivity contribution in [2.75, 3.05) is 10.6 Å². The monoisotopic (exact) mass is 285 g/mol. The van der Waals surface area contributed by atoms with E-state index in [0.29, 0.717) is 23.4 Å². The van der Waals surface area contributed by atoms with E-state index in [1.54, 1.807) is 25.3 Å². The summed E-state index contributed by atoms with van der Waals surface area (Å²) in [5.41, 5.74) is 1.48. The fraction of sp³-hybridized carbons (Fsp3) is 0.333. The van der Waals surface area contributed by atoms with E-state index < -0.39 is 0 Å². The van der Waals surface area contributed by atoms with Crippen molar-refractivity contribution >= 4 is 23.2 Å². The average molecular weight is 285 g/mol. The van der Waals surface area contributed by atoms with Gasteiger partial charge in [0.2, 0.25) is 5.95 Å². The van der Waals surface area contributed by atoms with Gasteiger partial charge in [0.1, 0.15) is 0 Å². The van der Waals surface area contributed by atoms with Crippen LogP contribution in [0.5, 0.6) is 0 Å². The Bertz CT molecular complexity index is 612. The zero-order chi connectivity index (χ0) is 15.2. The molecular weight excluding hydrogens is 266 g/mol. The summed E-state index contributed by atoms with van der Waals surface area (Å²) in [5.74, 6) is 1.14. The predicted octanol–water partition coefficient (Wildman–Crippen LogP) is 3.03. The molecule has 0 fully saturated rings. The third-order valence-corrected chi connectivity index (χ3v) is 3.11. The minimum Gasteiger partial charge on any atom is -0.366 e. The molecule has 1 aromatic heterocycles. The van der Waals surface area contributed by atoms with Crippen molar-refractivity contribution in [1.29, 1.82) is 0 Å². The lowest BCUT2D eigenvalue weighted by molar-refractivity contribution is 0.101. The van der Waals surface area contributed by atoms with E-state index in [2.05, 4.69) is 39.7 Å². The molecule has 6 heteroatoms. The highest BCUT2D eigenvalue weighted by Crippen LogP contribution is 2.15. The quantitative estimate of drug-likeness (QED) is 0.794. The number of aromatic nitrogens is 3. The van der Waals surface area contributed by atoms with Gasteiger partial charge in [-0.05, 0) is 44.5 Å². The van der Waals surface area contributed by atoms with E-state index in [-0.39, 0.29) is 5.78 Å². The summed E-state index contributed by atoms with van der Waals surface area (Å²) in [6.07, 6.45) is 2.59. The molecule has 2 N–H and O–H groups in total. The first-order valence-electron chi connectivity index (χ1n) is 6.92. The molecule has 110 valence electrons. The smallest absolute Gasteiger partial charge is 0.249 e. The highest BCUT2D eigenvalue weighted by molar-refractivity contribution is 5.94. The van der Waals surface area contributed by atoms with Crippen LogP contribution < -0.4 is 10.6 Å². The van der Waals surface area contributed by atoms with Crippen molar-refractivity contribution in [3.8, 4) is 0 Å². The number of anilines is 3. The first-order valence-corrected chi connectivity index (χ1v) is 6.92. The van der Waals surface area contributed by atoms with Crippen LogP contribution in [0.1, 0.15) is 37.6 Å². The molecule has 21 heavy (non-hydrogen) atoms. The summed E-state index contributed by atoms with van der Waals surface area (Å²) in [5, 5.41) is 14.2. The van der Waals surface area contributed by atoms with E-state index in [1.165, 1.54) is 0 Å². The highest BCUT2D eigenvalue weighted by Gasteiger charge is 2.04. The fourth-order valence-corrected chi connectivity index (χ4v) is 1.70. The summed E-state index contributed by atoms with van der Waals surface area (Å²) < 4.78 is 0. The number of Topliss-reactive ketones (excluding diaryl/α,β-unsaturated/α-hetero) is 1. The molecule has 2 aromatic rings. The molecule has 2 rings (SSSR count). The number of hydrogen-bond acceptors (Lipinski definition) is 6. The van der Waals surface area contributed by atoms with Gasteiger partial charge >= 0.3 is 0 Å². The number of benzene rings is 1. The van der Waals surface area contributed by atoms with E-state index in [1.807, 2.05) is 12.1 Å². The van der Waals surface area contributed by atoms with Crippen molar-refractivity contribution in [2.45, 2.75) is 33.2 Å². The van der Waals surface area contributed by atoms with E-state index in [0.717, 1.165) is 12.1 Å². The second-order valence-corrected chi connectivity index (χ2v) is 4.88. The fourth-order valence-electron chi connectivity index (χ4n) is 1.70. The van der Waals surface area contributed by atoms with Crippen LogP contribution in [0.25, 0.3) is 0 Å². The van der Waals surface area contributed by atoms with Gasteiger partial charge in [0.05, 0.1) is 6.20 Å². The molecule has 6 nitrogen and oxygen atoms in total. The van der Waals surface area contributed by atoms with Crippen LogP contribution in [0.15, 0.2) is 30.5 Å². The average Bonchev–Trinajstić information content (AvgIpc) is 2.48. The van der Waals surface area contributed by atoms with Gasteiger partial charge in [-0.15, -0.1) is 5.10 Å². The summed E-state index contributed by atoms with van der Waals surface area (Å²) in [4.78, 5) is 15.6. The number of carbonyl (C=O) groups excluding carboxylic acids is 1. The topological polar surface area (TPSA) is 79.8 Å². The Morgan fingerprint density at radius 3 is 2.62 bits per heavy atom. The SMILES string of the molecule is CCC(C)Nc1cnnc(Nc2ccc(C(C)=O)cc2)n1. The summed E-state index contributed by atoms with van der Waals surface area (Å²) in [7, 11) is 0. The lowest BCUT2D eigenvalue weighted by Crippen LogP contribution is -2.15. The van der Waals surface area contributed by atoms with Gasteiger partial charge in [0.15, 0.2) is 11.6 Å². The van der Waals surface area contributed by atoms with Gasteiger partial charge in [0.25, 0.3) is 0 Å². The predicted molar refractivity (Wildman–Crippen MR) is 82.9 cm³/mol. The first-order chi connectivity index (χ1) is 10.1. The molecule has 0 aliphatic heterocycles. The molecule has 0 saturated heterocycles. The molecular formula is C15H19N5O. The van der Waals surface area contributed by atoms with Crippen molar-refractivity contribution in [2.24, 2.45) is 0 Å². The molecule has 1 unspecified atom stereocenters. The molecule has 0 spiro atoms. The Morgan fingerprint density at radius 2 is 2.00 bits per heavy atom. The number of rotatable bonds is 6. The minimum atomic E-state index is 0.0409. The van der Waals surface area contributed by atoms with Crippen LogP contribution in [0, 0.1) is 0 Å². The molecule has 0 saturated carbocycles. The number of nitrogens with one attached hydrogen (secondary N) is 2. The van der Waals surface area contributed by atoms with Crippen molar-refractivity contribution in [3.63, 3.8) is 0 Å². The van der Waals surface area contributed by atoms with Gasteiger partial charge in [-0.3, -0.25) is 4.79 Å². The Labute approximate surface area is 124 Å². The van der Waals surface area contributed by atoms with E-state index in [9.17, 15) is 4.79 Å². The van der Waals surface area contributed by atoms with Crippen LogP contribution in [0.4, 0.5) is 17.5 Å². The van der Waals surface area contributed by atoms with E-state index in [4.69, 9.17) is 0 Å². The second-order valence-electron chi connectivity index (χ2n) is 4.88. The third-order valence-electron chi connectivity index (χ3n) is 3.11. The number of ketones is 1. The van der Waals surface area contributed by atoms with Gasteiger partial charge in [-0.1, -0.05) is 6.92 Å². The Hall–Kier alpha value is -2.50. The lowest BCUT2D eigenvalue weighted by atomic mass is 10.1. The molecule has 0 radical (unpaired) electrons. The van der Waals surface area contributed by atoms with E-state index >= 15 is 0 Å². The van der Waals surface area contributed by atoms with Crippen LogP contribution in [0.2, 0.25) is 0 Å². The molecule has 1 heterocycles. The Kier molecular flexibility index (Phi) is 4.81. The number of nitrogens with zero attached hydrogens (tertiary/aromatic N) is 3. The maximum Gasteiger partial charge on any atom is 0.249 e. The maximum absolute atomic E-state index is 11.2. The zero-order valence-electron chi connectivity index (χ0n) is 12.4. The van der Waals surface area contributed by atoms with Crippen molar-refractivity contribution in [3.05, 3.63) is 36.0 Å². The first kappa shape index (κ1) is 14.9. The summed E-state index contributed by atoms with van der Waals surface area (Å²) in [6, 6.07) is 7.48. The van der Waals surface area contributed by atoms with Gasteiger partial charge in [-0.2, -0.15) is 10.1 Å². The van der Waals surface area contributed by atoms with Crippen molar-refractivity contribution < 1.29 is 4.79 Å². The van der Waals surface area contributed by atoms with Gasteiger partial charge < -0.3 is 10.6 Å². The second kappa shape index (κ2) is 6.78. The van der Waals surface area contributed by atoms with Gasteiger partial charge in [-0.25, -0.2) is 0 Å². The number of hydrogen-bond donors (Lipinski definition) is 2. The molecule has 1 aromatic carbocycles. The molecule has 0 bridgehead atoms. The van der Waals surface area contributed by atoms with Crippen LogP contribution >= 0.6 is 0 Å². The van der Waals surface area contributed by atoms with Gasteiger partial charge in [0, 0.05) is 17.3 Å². The standard InChI is InChI=1S/C15H19N5O/c1-4-10(2)17-14-9-16-20-15(19-14)18-13-7-5-12(6-8-13)11(3)21/h5-10H,4H2,1-3H3,(H2,17,18,19,20). The minimum absolute atomic E-state index is 0.0409. The summed E-state index contributed by atoms with van der Waals surface area (Å²) >= 11 is 0. The lowest BCUT2D eigenvalue weighted by Gasteiger charge is -2.12. The van der Waals surface area contributed by atoms with Crippen LogP contribution in [-0.2, 0) is 0 Å². The molecule has 0 amide bonds. The zero-order valence-corrected chi connectivity index (χ0v) is 12.4. The van der Waals surface area contributed by atoms with Crippen LogP contribution in [-0.4, -0.2) is 27.0 Å². The molecule has 1 atom stereocenters. The third kappa shape index (κ3) is 4.24. The molecule has 0 aliphatic carbocycles. The Balaban J connectivity index is 2.08. The molecule has 0 aliphatic rings. The Morgan fingerprint density at radius 1 is 1.29 bits per heavy atom. The normalized spacial score (nSPS) is 11.8. The highest BCUT2D eigenvalue weighted by atomic mass is 16.1. The maximum atomic E-state index is 11.2. The van der Waals surface area contributed by atoms with Crippen LogP contribution in [0.3, 0.4) is 0 Å². The van der Waals surface area contributed by atoms with Crippen molar-refractivity contribution in [1.82, 2.24) is 15.2 Å². The number of carbonyl (C=O) groups is 1.